The van der Waals surface area contributed by atoms with E-state index in [0.717, 1.165) is 31.7 Å². The lowest BCUT2D eigenvalue weighted by Crippen LogP contribution is -2.51. The lowest BCUT2D eigenvalue weighted by Gasteiger charge is -2.31. The van der Waals surface area contributed by atoms with Crippen LogP contribution in [0.15, 0.2) is 18.3 Å². The van der Waals surface area contributed by atoms with E-state index in [-0.39, 0.29) is 11.9 Å². The maximum absolute atomic E-state index is 12.4. The summed E-state index contributed by atoms with van der Waals surface area (Å²) in [4.78, 5) is 16.6. The molecule has 7 heteroatoms. The number of aromatic nitrogens is 2. The lowest BCUT2D eigenvalue weighted by atomic mass is 10.2. The summed E-state index contributed by atoms with van der Waals surface area (Å²) in [5, 5.41) is 11.6. The first kappa shape index (κ1) is 16.1. The molecule has 126 valence electrons. The van der Waals surface area contributed by atoms with Crippen molar-refractivity contribution >= 4 is 11.7 Å². The Morgan fingerprint density at radius 1 is 1.43 bits per heavy atom. The maximum atomic E-state index is 12.4. The Bertz CT molecular complexity index is 506. The number of rotatable bonds is 5. The molecule has 1 amide bonds. The Morgan fingerprint density at radius 3 is 3.00 bits per heavy atom. The molecule has 7 nitrogen and oxygen atoms in total. The van der Waals surface area contributed by atoms with Crippen molar-refractivity contribution in [1.82, 2.24) is 20.4 Å². The van der Waals surface area contributed by atoms with Crippen LogP contribution in [0, 0.1) is 0 Å². The zero-order chi connectivity index (χ0) is 16.1. The van der Waals surface area contributed by atoms with Gasteiger partial charge in [-0.25, -0.2) is 0 Å². The third kappa shape index (κ3) is 3.97. The molecule has 3 rings (SSSR count). The fraction of sp³-hybridized carbons (Fsp3) is 0.688. The number of ether oxygens (including phenoxy) is 1. The molecule has 2 atom stereocenters. The smallest absolute Gasteiger partial charge is 0.239 e. The van der Waals surface area contributed by atoms with E-state index in [1.54, 1.807) is 6.20 Å². The van der Waals surface area contributed by atoms with Gasteiger partial charge in [0.2, 0.25) is 5.91 Å². The summed E-state index contributed by atoms with van der Waals surface area (Å²) in [6, 6.07) is 4.10. The number of hydrogen-bond acceptors (Lipinski definition) is 6. The summed E-state index contributed by atoms with van der Waals surface area (Å²) in [5.41, 5.74) is 0. The fourth-order valence-corrected chi connectivity index (χ4v) is 3.25. The second kappa shape index (κ2) is 7.70. The highest BCUT2D eigenvalue weighted by atomic mass is 16.5. The molecule has 23 heavy (non-hydrogen) atoms. The molecular weight excluding hydrogens is 294 g/mol. The van der Waals surface area contributed by atoms with Crippen LogP contribution in [0.2, 0.25) is 0 Å². The summed E-state index contributed by atoms with van der Waals surface area (Å²) < 4.78 is 5.30. The number of nitrogens with zero attached hydrogens (tertiary/aromatic N) is 4. The van der Waals surface area contributed by atoms with Crippen molar-refractivity contribution in [3.63, 3.8) is 0 Å². The quantitative estimate of drug-likeness (QED) is 0.841. The van der Waals surface area contributed by atoms with Crippen LogP contribution in [0.3, 0.4) is 0 Å². The molecule has 2 aliphatic heterocycles. The van der Waals surface area contributed by atoms with Crippen molar-refractivity contribution in [2.45, 2.75) is 31.8 Å². The molecule has 0 unspecified atom stereocenters. The second-order valence-electron chi connectivity index (χ2n) is 6.14. The van der Waals surface area contributed by atoms with Crippen LogP contribution in [0.1, 0.15) is 19.8 Å². The van der Waals surface area contributed by atoms with Crippen molar-refractivity contribution < 1.29 is 9.53 Å². The van der Waals surface area contributed by atoms with Crippen molar-refractivity contribution in [2.75, 3.05) is 44.3 Å². The Kier molecular flexibility index (Phi) is 5.40. The first-order valence-corrected chi connectivity index (χ1v) is 8.40. The zero-order valence-electron chi connectivity index (χ0n) is 13.6. The van der Waals surface area contributed by atoms with E-state index in [0.29, 0.717) is 32.3 Å². The van der Waals surface area contributed by atoms with Gasteiger partial charge in [0.05, 0.1) is 19.3 Å². The third-order valence-electron chi connectivity index (χ3n) is 4.58. The van der Waals surface area contributed by atoms with Crippen LogP contribution >= 0.6 is 0 Å². The van der Waals surface area contributed by atoms with Gasteiger partial charge in [0.1, 0.15) is 0 Å². The van der Waals surface area contributed by atoms with E-state index in [1.807, 2.05) is 24.0 Å². The van der Waals surface area contributed by atoms with Gasteiger partial charge in [0.25, 0.3) is 0 Å². The second-order valence-corrected chi connectivity index (χ2v) is 6.14. The first-order valence-electron chi connectivity index (χ1n) is 8.40. The molecule has 0 aromatic carbocycles. The van der Waals surface area contributed by atoms with Crippen LogP contribution in [-0.4, -0.2) is 72.5 Å². The number of carbonyl (C=O) groups is 1. The molecule has 1 aromatic rings. The van der Waals surface area contributed by atoms with Gasteiger partial charge in [-0.1, -0.05) is 0 Å². The molecular formula is C16H25N5O2. The number of anilines is 1. The minimum Gasteiger partial charge on any atom is -0.378 e. The molecule has 0 saturated carbocycles. The minimum absolute atomic E-state index is 0.164. The van der Waals surface area contributed by atoms with Crippen molar-refractivity contribution in [3.8, 4) is 0 Å². The number of amides is 1. The van der Waals surface area contributed by atoms with Gasteiger partial charge in [-0.05, 0) is 31.9 Å². The third-order valence-corrected chi connectivity index (χ3v) is 4.58. The molecule has 2 aliphatic rings. The largest absolute Gasteiger partial charge is 0.378 e. The summed E-state index contributed by atoms with van der Waals surface area (Å²) in [5.74, 6) is 1.08. The number of nitrogens with one attached hydrogen (secondary N) is 1. The zero-order valence-corrected chi connectivity index (χ0v) is 13.6. The average Bonchev–Trinajstić information content (AvgIpc) is 3.09. The van der Waals surface area contributed by atoms with Gasteiger partial charge in [-0.15, -0.1) is 5.10 Å². The number of morpholine rings is 1. The topological polar surface area (TPSA) is 70.6 Å². The molecule has 2 fully saturated rings. The fourth-order valence-electron chi connectivity index (χ4n) is 3.25. The van der Waals surface area contributed by atoms with Crippen LogP contribution in [-0.2, 0) is 9.53 Å². The summed E-state index contributed by atoms with van der Waals surface area (Å²) in [6.45, 7) is 6.40. The first-order chi connectivity index (χ1) is 11.3. The van der Waals surface area contributed by atoms with E-state index < -0.39 is 0 Å². The Labute approximate surface area is 137 Å². The highest BCUT2D eigenvalue weighted by molar-refractivity contribution is 5.81. The van der Waals surface area contributed by atoms with E-state index in [4.69, 9.17) is 4.74 Å². The highest BCUT2D eigenvalue weighted by Crippen LogP contribution is 2.22. The SMILES string of the molecule is C[C@@H](NC[C@@H]1CCCN1c1cccnn1)C(=O)N1CCOCC1. The van der Waals surface area contributed by atoms with Gasteiger partial charge in [-0.3, -0.25) is 4.79 Å². The molecule has 3 heterocycles. The Balaban J connectivity index is 1.51. The highest BCUT2D eigenvalue weighted by Gasteiger charge is 2.28. The van der Waals surface area contributed by atoms with Crippen LogP contribution in [0.4, 0.5) is 5.82 Å². The normalized spacial score (nSPS) is 23.1. The van der Waals surface area contributed by atoms with Gasteiger partial charge in [0.15, 0.2) is 5.82 Å². The molecule has 0 bridgehead atoms. The molecule has 1 aromatic heterocycles. The van der Waals surface area contributed by atoms with Crippen LogP contribution in [0.5, 0.6) is 0 Å². The van der Waals surface area contributed by atoms with Gasteiger partial charge < -0.3 is 19.9 Å². The molecule has 1 N–H and O–H groups in total. The molecule has 0 spiro atoms. The van der Waals surface area contributed by atoms with Crippen LogP contribution in [0.25, 0.3) is 0 Å². The standard InChI is InChI=1S/C16H25N5O2/c1-13(16(22)20-8-10-23-11-9-20)17-12-14-4-3-7-21(14)15-5-2-6-18-19-15/h2,5-6,13-14,17H,3-4,7-12H2,1H3/t13-,14+/m1/s1. The van der Waals surface area contributed by atoms with Crippen LogP contribution < -0.4 is 10.2 Å². The van der Waals surface area contributed by atoms with Gasteiger partial charge >= 0.3 is 0 Å². The Hall–Kier alpha value is -1.73. The van der Waals surface area contributed by atoms with Crippen molar-refractivity contribution in [1.29, 1.82) is 0 Å². The lowest BCUT2D eigenvalue weighted by molar-refractivity contribution is -0.137. The van der Waals surface area contributed by atoms with E-state index in [9.17, 15) is 4.79 Å². The summed E-state index contributed by atoms with van der Waals surface area (Å²) in [6.07, 6.45) is 3.95. The van der Waals surface area contributed by atoms with Gasteiger partial charge in [-0.2, -0.15) is 5.10 Å². The van der Waals surface area contributed by atoms with Gasteiger partial charge in [0, 0.05) is 38.4 Å². The van der Waals surface area contributed by atoms with E-state index >= 15 is 0 Å². The number of hydrogen-bond donors (Lipinski definition) is 1. The van der Waals surface area contributed by atoms with Crippen molar-refractivity contribution in [2.24, 2.45) is 0 Å². The predicted molar refractivity (Wildman–Crippen MR) is 87.3 cm³/mol. The number of carbonyl (C=O) groups excluding carboxylic acids is 1. The summed E-state index contributed by atoms with van der Waals surface area (Å²) in [7, 11) is 0. The van der Waals surface area contributed by atoms with Crippen molar-refractivity contribution in [3.05, 3.63) is 18.3 Å². The molecule has 2 saturated heterocycles. The molecule has 0 aliphatic carbocycles. The van der Waals surface area contributed by atoms with E-state index in [1.165, 1.54) is 0 Å². The summed E-state index contributed by atoms with van der Waals surface area (Å²) >= 11 is 0. The average molecular weight is 319 g/mol. The maximum Gasteiger partial charge on any atom is 0.239 e. The predicted octanol–water partition coefficient (Wildman–Crippen LogP) is 0.282. The van der Waals surface area contributed by atoms with E-state index in [2.05, 4.69) is 20.4 Å². The Morgan fingerprint density at radius 2 is 2.26 bits per heavy atom. The monoisotopic (exact) mass is 319 g/mol. The minimum atomic E-state index is -0.169. The molecule has 0 radical (unpaired) electrons.